The number of anilines is 1. The van der Waals surface area contributed by atoms with Crippen LogP contribution in [0.5, 0.6) is 0 Å². The van der Waals surface area contributed by atoms with Crippen molar-refractivity contribution >= 4 is 17.3 Å². The molecule has 0 aliphatic heterocycles. The van der Waals surface area contributed by atoms with Crippen LogP contribution in [0.4, 0.5) is 5.69 Å². The van der Waals surface area contributed by atoms with E-state index in [1.807, 2.05) is 0 Å². The summed E-state index contributed by atoms with van der Waals surface area (Å²) in [6, 6.07) is 0. The Morgan fingerprint density at radius 1 is 1.60 bits per heavy atom. The summed E-state index contributed by atoms with van der Waals surface area (Å²) < 4.78 is 6.36. The highest BCUT2D eigenvalue weighted by Gasteiger charge is 2.05. The van der Waals surface area contributed by atoms with Crippen molar-refractivity contribution in [2.75, 3.05) is 19.5 Å². The summed E-state index contributed by atoms with van der Waals surface area (Å²) in [6.07, 6.45) is 3.15. The zero-order chi connectivity index (χ0) is 11.3. The number of nitrogen functional groups attached to an aromatic ring is 1. The molecular formula is C9H14ClN3O2. The minimum atomic E-state index is -0.285. The molecule has 5 nitrogen and oxygen atoms in total. The van der Waals surface area contributed by atoms with Gasteiger partial charge in [-0.05, 0) is 12.8 Å². The highest BCUT2D eigenvalue weighted by molar-refractivity contribution is 6.31. The van der Waals surface area contributed by atoms with Crippen LogP contribution in [0.3, 0.4) is 0 Å². The van der Waals surface area contributed by atoms with Gasteiger partial charge in [-0.15, -0.1) is 0 Å². The van der Waals surface area contributed by atoms with Gasteiger partial charge in [-0.1, -0.05) is 11.6 Å². The van der Waals surface area contributed by atoms with Gasteiger partial charge in [-0.3, -0.25) is 9.36 Å². The summed E-state index contributed by atoms with van der Waals surface area (Å²) in [5.41, 5.74) is 5.18. The molecule has 1 rings (SSSR count). The van der Waals surface area contributed by atoms with E-state index in [9.17, 15) is 4.79 Å². The molecule has 15 heavy (non-hydrogen) atoms. The molecule has 1 aromatic rings. The lowest BCUT2D eigenvalue weighted by Crippen LogP contribution is -2.23. The summed E-state index contributed by atoms with van der Waals surface area (Å²) in [7, 11) is 1.65. The zero-order valence-electron chi connectivity index (χ0n) is 8.57. The first-order valence-electron chi connectivity index (χ1n) is 4.66. The van der Waals surface area contributed by atoms with E-state index in [1.54, 1.807) is 7.11 Å². The molecule has 0 saturated heterocycles. The van der Waals surface area contributed by atoms with Crippen molar-refractivity contribution in [2.24, 2.45) is 0 Å². The Hall–Kier alpha value is -1.07. The Labute approximate surface area is 92.8 Å². The van der Waals surface area contributed by atoms with E-state index in [0.717, 1.165) is 12.8 Å². The van der Waals surface area contributed by atoms with Crippen LogP contribution < -0.4 is 11.3 Å². The number of nitrogens with two attached hydrogens (primary N) is 1. The highest BCUT2D eigenvalue weighted by atomic mass is 35.5. The van der Waals surface area contributed by atoms with Crippen molar-refractivity contribution < 1.29 is 4.74 Å². The number of unbranched alkanes of at least 4 members (excludes halogenated alkanes) is 1. The summed E-state index contributed by atoms with van der Waals surface area (Å²) in [5.74, 6) is 0. The number of hydrogen-bond acceptors (Lipinski definition) is 4. The molecule has 0 bridgehead atoms. The van der Waals surface area contributed by atoms with E-state index in [0.29, 0.717) is 13.2 Å². The van der Waals surface area contributed by atoms with E-state index in [4.69, 9.17) is 22.1 Å². The molecule has 0 atom stereocenters. The number of halogens is 1. The minimum Gasteiger partial charge on any atom is -0.392 e. The number of hydrogen-bond donors (Lipinski definition) is 1. The maximum atomic E-state index is 11.5. The summed E-state index contributed by atoms with van der Waals surface area (Å²) in [5, 5.41) is 0.0631. The van der Waals surface area contributed by atoms with Crippen LogP contribution in [0.1, 0.15) is 12.8 Å². The van der Waals surface area contributed by atoms with E-state index < -0.39 is 0 Å². The minimum absolute atomic E-state index is 0.00547. The fraction of sp³-hybridized carbons (Fsp3) is 0.556. The van der Waals surface area contributed by atoms with Gasteiger partial charge in [0.25, 0.3) is 5.56 Å². The molecule has 2 N–H and O–H groups in total. The number of aryl methyl sites for hydroxylation is 1. The molecular weight excluding hydrogens is 218 g/mol. The molecule has 6 heteroatoms. The number of aromatic nitrogens is 2. The lowest BCUT2D eigenvalue weighted by atomic mass is 10.3. The third kappa shape index (κ3) is 3.21. The van der Waals surface area contributed by atoms with Crippen LogP contribution in [-0.4, -0.2) is 23.3 Å². The molecule has 84 valence electrons. The smallest absolute Gasteiger partial charge is 0.278 e. The molecule has 1 heterocycles. The maximum Gasteiger partial charge on any atom is 0.278 e. The van der Waals surface area contributed by atoms with Gasteiger partial charge in [-0.2, -0.15) is 0 Å². The van der Waals surface area contributed by atoms with E-state index in [1.165, 1.54) is 10.9 Å². The monoisotopic (exact) mass is 231 g/mol. The summed E-state index contributed by atoms with van der Waals surface area (Å²) >= 11 is 5.60. The third-order valence-corrected chi connectivity index (χ3v) is 2.32. The molecule has 0 spiro atoms. The van der Waals surface area contributed by atoms with Crippen LogP contribution in [0, 0.1) is 0 Å². The lowest BCUT2D eigenvalue weighted by molar-refractivity contribution is 0.191. The Morgan fingerprint density at radius 2 is 2.33 bits per heavy atom. The van der Waals surface area contributed by atoms with Crippen molar-refractivity contribution in [2.45, 2.75) is 19.4 Å². The van der Waals surface area contributed by atoms with Gasteiger partial charge in [0.15, 0.2) is 5.15 Å². The summed E-state index contributed by atoms with van der Waals surface area (Å²) in [6.45, 7) is 1.27. The lowest BCUT2D eigenvalue weighted by Gasteiger charge is -2.06. The van der Waals surface area contributed by atoms with Crippen molar-refractivity contribution in [3.05, 3.63) is 21.8 Å². The number of ether oxygens (including phenoxy) is 1. The van der Waals surface area contributed by atoms with Gasteiger partial charge in [0.1, 0.15) is 5.69 Å². The summed E-state index contributed by atoms with van der Waals surface area (Å²) in [4.78, 5) is 15.3. The van der Waals surface area contributed by atoms with Gasteiger partial charge in [-0.25, -0.2) is 4.98 Å². The molecule has 0 aliphatic carbocycles. The van der Waals surface area contributed by atoms with Gasteiger partial charge in [0.2, 0.25) is 0 Å². The Morgan fingerprint density at radius 3 is 3.00 bits per heavy atom. The predicted molar refractivity (Wildman–Crippen MR) is 59.0 cm³/mol. The first kappa shape index (κ1) is 12.0. The fourth-order valence-corrected chi connectivity index (χ4v) is 1.30. The molecule has 0 unspecified atom stereocenters. The normalized spacial score (nSPS) is 10.5. The third-order valence-electron chi connectivity index (χ3n) is 2.02. The average molecular weight is 232 g/mol. The van der Waals surface area contributed by atoms with E-state index >= 15 is 0 Å². The molecule has 0 aliphatic rings. The highest BCUT2D eigenvalue weighted by Crippen LogP contribution is 2.08. The first-order valence-corrected chi connectivity index (χ1v) is 5.04. The quantitative estimate of drug-likeness (QED) is 0.604. The number of rotatable bonds is 5. The molecule has 0 fully saturated rings. The van der Waals surface area contributed by atoms with Gasteiger partial charge < -0.3 is 10.5 Å². The van der Waals surface area contributed by atoms with Gasteiger partial charge in [0.05, 0.1) is 6.33 Å². The van der Waals surface area contributed by atoms with Crippen molar-refractivity contribution in [1.29, 1.82) is 0 Å². The zero-order valence-corrected chi connectivity index (χ0v) is 9.33. The average Bonchev–Trinajstić information content (AvgIpc) is 2.24. The van der Waals surface area contributed by atoms with Crippen molar-refractivity contribution in [3.8, 4) is 0 Å². The van der Waals surface area contributed by atoms with Gasteiger partial charge in [0, 0.05) is 20.3 Å². The SMILES string of the molecule is COCCCCn1cnc(Cl)c(N)c1=O. The Balaban J connectivity index is 2.63. The second-order valence-corrected chi connectivity index (χ2v) is 3.51. The number of nitrogens with zero attached hydrogens (tertiary/aromatic N) is 2. The standard InChI is InChI=1S/C9H14ClN3O2/c1-15-5-3-2-4-13-6-12-8(10)7(11)9(13)14/h6H,2-5,11H2,1H3. The van der Waals surface area contributed by atoms with E-state index in [-0.39, 0.29) is 16.4 Å². The topological polar surface area (TPSA) is 70.1 Å². The molecule has 0 amide bonds. The first-order chi connectivity index (χ1) is 7.16. The second kappa shape index (κ2) is 5.72. The van der Waals surface area contributed by atoms with Crippen LogP contribution in [0.2, 0.25) is 5.15 Å². The van der Waals surface area contributed by atoms with Crippen molar-refractivity contribution in [3.63, 3.8) is 0 Å². The molecule has 1 aromatic heterocycles. The molecule has 0 saturated carbocycles. The van der Waals surface area contributed by atoms with Crippen LogP contribution >= 0.6 is 11.6 Å². The van der Waals surface area contributed by atoms with Gasteiger partial charge >= 0.3 is 0 Å². The second-order valence-electron chi connectivity index (χ2n) is 3.15. The van der Waals surface area contributed by atoms with Crippen LogP contribution in [0.25, 0.3) is 0 Å². The predicted octanol–water partition coefficient (Wildman–Crippen LogP) is 0.906. The van der Waals surface area contributed by atoms with Crippen molar-refractivity contribution in [1.82, 2.24) is 9.55 Å². The molecule has 0 radical (unpaired) electrons. The Kier molecular flexibility index (Phi) is 4.58. The maximum absolute atomic E-state index is 11.5. The fourth-order valence-electron chi connectivity index (χ4n) is 1.17. The largest absolute Gasteiger partial charge is 0.392 e. The Bertz CT molecular complexity index is 378. The number of methoxy groups -OCH3 is 1. The van der Waals surface area contributed by atoms with Crippen LogP contribution in [0.15, 0.2) is 11.1 Å². The van der Waals surface area contributed by atoms with E-state index in [2.05, 4.69) is 4.98 Å². The van der Waals surface area contributed by atoms with Crippen LogP contribution in [-0.2, 0) is 11.3 Å². The molecule has 0 aromatic carbocycles.